The molecule has 0 bridgehead atoms. The second-order valence-corrected chi connectivity index (χ2v) is 7.58. The van der Waals surface area contributed by atoms with Gasteiger partial charge in [0, 0.05) is 23.7 Å². The molecule has 148 valence electrons. The minimum absolute atomic E-state index is 0.282. The molecule has 5 nitrogen and oxygen atoms in total. The number of nitrogens with zero attached hydrogens (tertiary/aromatic N) is 2. The van der Waals surface area contributed by atoms with Crippen LogP contribution in [0.3, 0.4) is 0 Å². The molecule has 0 saturated carbocycles. The number of carbonyl (C=O) groups is 1. The topological polar surface area (TPSA) is 75.1 Å². The van der Waals surface area contributed by atoms with Gasteiger partial charge in [0.1, 0.15) is 11.6 Å². The van der Waals surface area contributed by atoms with Gasteiger partial charge in [-0.3, -0.25) is 10.0 Å². The maximum absolute atomic E-state index is 14.3. The van der Waals surface area contributed by atoms with Crippen molar-refractivity contribution in [2.45, 2.75) is 32.6 Å². The molecule has 0 saturated heterocycles. The average molecular weight is 391 g/mol. The van der Waals surface area contributed by atoms with Crippen molar-refractivity contribution >= 4 is 5.91 Å². The molecule has 1 unspecified atom stereocenters. The zero-order valence-corrected chi connectivity index (χ0v) is 16.2. The standard InChI is InChI=1S/C23H22FN3O2/c1-14-2-7-19(20(24)10-14)21-8-9-25-22(26-21)12-15-3-4-16-5-6-17(23(28)27-29)13-18(16)11-15/h2,5-10,13,15,29H,3-4,11-12H2,1H3,(H,27,28). The van der Waals surface area contributed by atoms with Crippen LogP contribution in [0.4, 0.5) is 4.39 Å². The van der Waals surface area contributed by atoms with E-state index < -0.39 is 5.91 Å². The molecular formula is C23H22FN3O2. The van der Waals surface area contributed by atoms with Gasteiger partial charge in [-0.05, 0) is 79.1 Å². The maximum atomic E-state index is 14.3. The van der Waals surface area contributed by atoms with Gasteiger partial charge in [0.2, 0.25) is 0 Å². The normalized spacial score (nSPS) is 15.6. The van der Waals surface area contributed by atoms with Crippen LogP contribution >= 0.6 is 0 Å². The molecule has 1 aliphatic rings. The van der Waals surface area contributed by atoms with Gasteiger partial charge in [-0.25, -0.2) is 19.8 Å². The average Bonchev–Trinajstić information content (AvgIpc) is 2.73. The molecule has 3 aromatic rings. The van der Waals surface area contributed by atoms with Crippen LogP contribution in [-0.4, -0.2) is 21.1 Å². The van der Waals surface area contributed by atoms with Gasteiger partial charge in [0.05, 0.1) is 5.69 Å². The van der Waals surface area contributed by atoms with Crippen LogP contribution in [0.25, 0.3) is 11.3 Å². The summed E-state index contributed by atoms with van der Waals surface area (Å²) < 4.78 is 14.3. The largest absolute Gasteiger partial charge is 0.288 e. The fourth-order valence-corrected chi connectivity index (χ4v) is 3.95. The Balaban J connectivity index is 1.53. The number of benzene rings is 2. The zero-order valence-electron chi connectivity index (χ0n) is 16.2. The lowest BCUT2D eigenvalue weighted by molar-refractivity contribution is 0.0706. The van der Waals surface area contributed by atoms with Crippen LogP contribution < -0.4 is 5.48 Å². The number of hydrogen-bond donors (Lipinski definition) is 2. The minimum atomic E-state index is -0.508. The molecule has 1 heterocycles. The van der Waals surface area contributed by atoms with Crippen molar-refractivity contribution in [2.75, 3.05) is 0 Å². The van der Waals surface area contributed by atoms with Crippen molar-refractivity contribution < 1.29 is 14.4 Å². The number of halogens is 1. The van der Waals surface area contributed by atoms with E-state index in [1.54, 1.807) is 29.9 Å². The van der Waals surface area contributed by atoms with Crippen molar-refractivity contribution in [3.63, 3.8) is 0 Å². The zero-order chi connectivity index (χ0) is 20.4. The Hall–Kier alpha value is -3.12. The van der Waals surface area contributed by atoms with Gasteiger partial charge in [-0.1, -0.05) is 12.1 Å². The molecule has 0 radical (unpaired) electrons. The van der Waals surface area contributed by atoms with Crippen molar-refractivity contribution in [1.82, 2.24) is 15.4 Å². The SMILES string of the molecule is Cc1ccc(-c2ccnc(CC3CCc4ccc(C(=O)NO)cc4C3)n2)c(F)c1. The quantitative estimate of drug-likeness (QED) is 0.520. The molecule has 0 fully saturated rings. The van der Waals surface area contributed by atoms with Gasteiger partial charge >= 0.3 is 0 Å². The van der Waals surface area contributed by atoms with E-state index in [-0.39, 0.29) is 5.82 Å². The number of carbonyl (C=O) groups excluding carboxylic acids is 1. The first-order valence-electron chi connectivity index (χ1n) is 9.68. The molecule has 0 spiro atoms. The lowest BCUT2D eigenvalue weighted by Gasteiger charge is -2.24. The van der Waals surface area contributed by atoms with Crippen LogP contribution in [0.15, 0.2) is 48.7 Å². The Bertz CT molecular complexity index is 1070. The van der Waals surface area contributed by atoms with E-state index in [9.17, 15) is 9.18 Å². The smallest absolute Gasteiger partial charge is 0.274 e. The second kappa shape index (κ2) is 8.09. The fraction of sp³-hybridized carbons (Fsp3) is 0.261. The summed E-state index contributed by atoms with van der Waals surface area (Å²) in [5.41, 5.74) is 6.41. The van der Waals surface area contributed by atoms with Crippen molar-refractivity contribution in [3.05, 3.63) is 82.6 Å². The Morgan fingerprint density at radius 2 is 2.07 bits per heavy atom. The molecule has 6 heteroatoms. The Morgan fingerprint density at radius 3 is 2.86 bits per heavy atom. The predicted molar refractivity (Wildman–Crippen MR) is 107 cm³/mol. The summed E-state index contributed by atoms with van der Waals surface area (Å²) in [6, 6.07) is 12.4. The summed E-state index contributed by atoms with van der Waals surface area (Å²) in [6.07, 6.45) is 5.11. The van der Waals surface area contributed by atoms with Gasteiger partial charge < -0.3 is 0 Å². The molecule has 2 N–H and O–H groups in total. The number of nitrogens with one attached hydrogen (secondary N) is 1. The highest BCUT2D eigenvalue weighted by molar-refractivity contribution is 5.93. The summed E-state index contributed by atoms with van der Waals surface area (Å²) >= 11 is 0. The van der Waals surface area contributed by atoms with Crippen molar-refractivity contribution in [2.24, 2.45) is 5.92 Å². The molecule has 29 heavy (non-hydrogen) atoms. The van der Waals surface area contributed by atoms with Crippen LogP contribution in [0.2, 0.25) is 0 Å². The first kappa shape index (κ1) is 19.2. The summed E-state index contributed by atoms with van der Waals surface area (Å²) in [5, 5.41) is 8.85. The third-order valence-electron chi connectivity index (χ3n) is 5.48. The summed E-state index contributed by atoms with van der Waals surface area (Å²) in [7, 11) is 0. The molecule has 0 aliphatic heterocycles. The molecule has 1 amide bonds. The van der Waals surface area contributed by atoms with E-state index in [2.05, 4.69) is 9.97 Å². The monoisotopic (exact) mass is 391 g/mol. The number of aromatic nitrogens is 2. The predicted octanol–water partition coefficient (Wildman–Crippen LogP) is 4.06. The van der Waals surface area contributed by atoms with Crippen LogP contribution in [0.5, 0.6) is 0 Å². The number of hydrogen-bond acceptors (Lipinski definition) is 4. The third kappa shape index (κ3) is 4.17. The first-order chi connectivity index (χ1) is 14.0. The van der Waals surface area contributed by atoms with Crippen LogP contribution in [-0.2, 0) is 19.3 Å². The van der Waals surface area contributed by atoms with E-state index in [0.29, 0.717) is 35.0 Å². The highest BCUT2D eigenvalue weighted by atomic mass is 19.1. The van der Waals surface area contributed by atoms with Gasteiger partial charge in [0.15, 0.2) is 0 Å². The summed E-state index contributed by atoms with van der Waals surface area (Å²) in [4.78, 5) is 20.7. The van der Waals surface area contributed by atoms with Gasteiger partial charge in [-0.2, -0.15) is 0 Å². The number of hydroxylamine groups is 1. The fourth-order valence-electron chi connectivity index (χ4n) is 3.95. The van der Waals surface area contributed by atoms with E-state index in [1.165, 1.54) is 11.6 Å². The van der Waals surface area contributed by atoms with Crippen LogP contribution in [0.1, 0.15) is 39.3 Å². The summed E-state index contributed by atoms with van der Waals surface area (Å²) in [5.74, 6) is 0.246. The van der Waals surface area contributed by atoms with E-state index in [1.807, 2.05) is 25.1 Å². The number of rotatable bonds is 4. The van der Waals surface area contributed by atoms with Crippen molar-refractivity contribution in [1.29, 1.82) is 0 Å². The number of fused-ring (bicyclic) bond motifs is 1. The highest BCUT2D eigenvalue weighted by Crippen LogP contribution is 2.29. The summed E-state index contributed by atoms with van der Waals surface area (Å²) in [6.45, 7) is 1.86. The van der Waals surface area contributed by atoms with Gasteiger partial charge in [-0.15, -0.1) is 0 Å². The number of aryl methyl sites for hydroxylation is 2. The van der Waals surface area contributed by atoms with Crippen LogP contribution in [0, 0.1) is 18.7 Å². The molecule has 1 aliphatic carbocycles. The number of amides is 1. The van der Waals surface area contributed by atoms with E-state index in [0.717, 1.165) is 30.4 Å². The lowest BCUT2D eigenvalue weighted by atomic mass is 9.81. The highest BCUT2D eigenvalue weighted by Gasteiger charge is 2.21. The Labute approximate surface area is 168 Å². The molecule has 2 aromatic carbocycles. The van der Waals surface area contributed by atoms with E-state index >= 15 is 0 Å². The third-order valence-corrected chi connectivity index (χ3v) is 5.48. The minimum Gasteiger partial charge on any atom is -0.288 e. The molecule has 1 aromatic heterocycles. The first-order valence-corrected chi connectivity index (χ1v) is 9.68. The van der Waals surface area contributed by atoms with E-state index in [4.69, 9.17) is 5.21 Å². The van der Waals surface area contributed by atoms with Gasteiger partial charge in [0.25, 0.3) is 5.91 Å². The lowest BCUT2D eigenvalue weighted by Crippen LogP contribution is -2.21. The Kier molecular flexibility index (Phi) is 5.36. The van der Waals surface area contributed by atoms with Crippen molar-refractivity contribution in [3.8, 4) is 11.3 Å². The second-order valence-electron chi connectivity index (χ2n) is 7.58. The maximum Gasteiger partial charge on any atom is 0.274 e. The molecular weight excluding hydrogens is 369 g/mol. The Morgan fingerprint density at radius 1 is 1.21 bits per heavy atom. The molecule has 1 atom stereocenters. The molecule has 4 rings (SSSR count).